The zero-order valence-electron chi connectivity index (χ0n) is 11.1. The Morgan fingerprint density at radius 3 is 2.89 bits per heavy atom. The summed E-state index contributed by atoms with van der Waals surface area (Å²) in [7, 11) is 0. The quantitative estimate of drug-likeness (QED) is 0.643. The number of carbonyl (C=O) groups excluding carboxylic acids is 1. The highest BCUT2D eigenvalue weighted by molar-refractivity contribution is 5.98. The summed E-state index contributed by atoms with van der Waals surface area (Å²) in [5.74, 6) is -0.379. The minimum atomic E-state index is -0.379. The number of esters is 1. The molecule has 1 heterocycles. The topological polar surface area (TPSA) is 73.6 Å². The summed E-state index contributed by atoms with van der Waals surface area (Å²) in [6, 6.07) is 5.72. The second-order valence-corrected chi connectivity index (χ2v) is 4.52. The van der Waals surface area contributed by atoms with Gasteiger partial charge in [0.15, 0.2) is 0 Å². The van der Waals surface area contributed by atoms with Gasteiger partial charge in [0, 0.05) is 19.3 Å². The molecule has 1 aromatic carbocycles. The van der Waals surface area contributed by atoms with Crippen molar-refractivity contribution in [3.8, 4) is 0 Å². The van der Waals surface area contributed by atoms with Crippen molar-refractivity contribution in [1.29, 1.82) is 0 Å². The van der Waals surface area contributed by atoms with Crippen molar-refractivity contribution >= 4 is 17.3 Å². The minimum Gasteiger partial charge on any atom is -0.462 e. The fourth-order valence-corrected chi connectivity index (χ4v) is 2.14. The molecule has 0 atom stereocenters. The monoisotopic (exact) mass is 264 g/mol. The van der Waals surface area contributed by atoms with Gasteiger partial charge in [-0.3, -0.25) is 0 Å². The number of carbonyl (C=O) groups is 1. The van der Waals surface area contributed by atoms with E-state index in [0.29, 0.717) is 23.9 Å². The van der Waals surface area contributed by atoms with Crippen molar-refractivity contribution in [3.63, 3.8) is 0 Å². The molecule has 1 aliphatic heterocycles. The number of nitrogens with one attached hydrogen (secondary N) is 1. The second kappa shape index (κ2) is 6.43. The summed E-state index contributed by atoms with van der Waals surface area (Å²) in [5.41, 5.74) is 7.69. The number of para-hydroxylation sites is 1. The van der Waals surface area contributed by atoms with Crippen LogP contribution in [0.3, 0.4) is 0 Å². The molecule has 3 N–H and O–H groups in total. The van der Waals surface area contributed by atoms with Gasteiger partial charge in [-0.05, 0) is 31.9 Å². The predicted molar refractivity (Wildman–Crippen MR) is 74.3 cm³/mol. The normalized spacial score (nSPS) is 16.1. The van der Waals surface area contributed by atoms with E-state index in [1.807, 2.05) is 12.1 Å². The van der Waals surface area contributed by atoms with Crippen LogP contribution in [0.5, 0.6) is 0 Å². The number of rotatable bonds is 4. The van der Waals surface area contributed by atoms with E-state index in [9.17, 15) is 4.79 Å². The summed E-state index contributed by atoms with van der Waals surface area (Å²) in [5, 5.41) is 3.37. The number of benzene rings is 1. The van der Waals surface area contributed by atoms with Gasteiger partial charge in [0.25, 0.3) is 0 Å². The third-order valence-corrected chi connectivity index (χ3v) is 3.18. The van der Waals surface area contributed by atoms with Crippen LogP contribution in [0.4, 0.5) is 11.4 Å². The van der Waals surface area contributed by atoms with Gasteiger partial charge in [-0.1, -0.05) is 6.07 Å². The van der Waals surface area contributed by atoms with Crippen molar-refractivity contribution < 1.29 is 14.3 Å². The molecule has 5 heteroatoms. The highest BCUT2D eigenvalue weighted by Crippen LogP contribution is 2.25. The Morgan fingerprint density at radius 2 is 2.21 bits per heavy atom. The highest BCUT2D eigenvalue weighted by Gasteiger charge is 2.17. The minimum absolute atomic E-state index is 0.341. The van der Waals surface area contributed by atoms with Crippen molar-refractivity contribution in [2.24, 2.45) is 0 Å². The van der Waals surface area contributed by atoms with Gasteiger partial charge in [0.2, 0.25) is 0 Å². The Morgan fingerprint density at radius 1 is 1.47 bits per heavy atom. The number of hydrogen-bond donors (Lipinski definition) is 2. The maximum atomic E-state index is 11.8. The van der Waals surface area contributed by atoms with Gasteiger partial charge in [0.1, 0.15) is 0 Å². The Kier molecular flexibility index (Phi) is 4.63. The van der Waals surface area contributed by atoms with Gasteiger partial charge in [0.05, 0.1) is 23.5 Å². The van der Waals surface area contributed by atoms with Gasteiger partial charge in [-0.15, -0.1) is 0 Å². The molecule has 1 aromatic rings. The first-order valence-electron chi connectivity index (χ1n) is 6.62. The lowest BCUT2D eigenvalue weighted by Crippen LogP contribution is -2.28. The Bertz CT molecular complexity index is 442. The first kappa shape index (κ1) is 13.7. The molecular weight excluding hydrogens is 244 g/mol. The lowest BCUT2D eigenvalue weighted by atomic mass is 10.1. The van der Waals surface area contributed by atoms with Crippen LogP contribution in [0.2, 0.25) is 0 Å². The summed E-state index contributed by atoms with van der Waals surface area (Å²) in [6.07, 6.45) is 1.89. The Labute approximate surface area is 113 Å². The zero-order valence-corrected chi connectivity index (χ0v) is 11.1. The van der Waals surface area contributed by atoms with Crippen LogP contribution >= 0.6 is 0 Å². The van der Waals surface area contributed by atoms with Gasteiger partial charge in [-0.25, -0.2) is 4.79 Å². The molecule has 0 saturated carbocycles. The van der Waals surface area contributed by atoms with E-state index >= 15 is 0 Å². The molecule has 1 aliphatic rings. The molecule has 19 heavy (non-hydrogen) atoms. The van der Waals surface area contributed by atoms with Crippen LogP contribution in [-0.2, 0) is 9.47 Å². The smallest absolute Gasteiger partial charge is 0.340 e. The molecule has 0 aliphatic carbocycles. The summed E-state index contributed by atoms with van der Waals surface area (Å²) in [4.78, 5) is 11.8. The van der Waals surface area contributed by atoms with Crippen molar-refractivity contribution in [2.75, 3.05) is 30.9 Å². The molecule has 5 nitrogen and oxygen atoms in total. The lowest BCUT2D eigenvalue weighted by Gasteiger charge is -2.25. The van der Waals surface area contributed by atoms with Crippen LogP contribution in [-0.4, -0.2) is 31.8 Å². The van der Waals surface area contributed by atoms with Crippen LogP contribution in [0.25, 0.3) is 0 Å². The van der Waals surface area contributed by atoms with E-state index < -0.39 is 0 Å². The lowest BCUT2D eigenvalue weighted by molar-refractivity contribution is 0.0527. The number of nitrogens with two attached hydrogens (primary N) is 1. The van der Waals surface area contributed by atoms with E-state index in [1.165, 1.54) is 0 Å². The van der Waals surface area contributed by atoms with Crippen molar-refractivity contribution in [2.45, 2.75) is 25.8 Å². The largest absolute Gasteiger partial charge is 0.462 e. The second-order valence-electron chi connectivity index (χ2n) is 4.52. The summed E-state index contributed by atoms with van der Waals surface area (Å²) in [6.45, 7) is 3.64. The molecule has 104 valence electrons. The predicted octanol–water partition coefficient (Wildman–Crippen LogP) is 2.04. The molecule has 1 saturated heterocycles. The molecule has 0 radical (unpaired) electrons. The maximum Gasteiger partial charge on any atom is 0.340 e. The average Bonchev–Trinajstić information content (AvgIpc) is 2.42. The average molecular weight is 264 g/mol. The van der Waals surface area contributed by atoms with Gasteiger partial charge in [-0.2, -0.15) is 0 Å². The first-order chi connectivity index (χ1) is 9.22. The summed E-state index contributed by atoms with van der Waals surface area (Å²) >= 11 is 0. The number of hydrogen-bond acceptors (Lipinski definition) is 5. The van der Waals surface area contributed by atoms with Crippen LogP contribution in [0.1, 0.15) is 30.1 Å². The van der Waals surface area contributed by atoms with Crippen molar-refractivity contribution in [3.05, 3.63) is 23.8 Å². The molecular formula is C14H20N2O3. The summed E-state index contributed by atoms with van der Waals surface area (Å²) < 4.78 is 10.3. The third-order valence-electron chi connectivity index (χ3n) is 3.18. The molecule has 0 aromatic heterocycles. The van der Waals surface area contributed by atoms with Crippen LogP contribution in [0.15, 0.2) is 18.2 Å². The number of anilines is 2. The van der Waals surface area contributed by atoms with E-state index in [-0.39, 0.29) is 5.97 Å². The standard InChI is InChI=1S/C14H20N2O3/c1-2-19-14(17)11-4-3-5-12(13(11)15)16-10-6-8-18-9-7-10/h3-5,10,16H,2,6-9,15H2,1H3. The molecule has 0 unspecified atom stereocenters. The molecule has 1 fully saturated rings. The molecule has 0 spiro atoms. The van der Waals surface area contributed by atoms with Gasteiger partial charge >= 0.3 is 5.97 Å². The van der Waals surface area contributed by atoms with Crippen LogP contribution < -0.4 is 11.1 Å². The third kappa shape index (κ3) is 3.38. The first-order valence-corrected chi connectivity index (χ1v) is 6.62. The molecule has 0 bridgehead atoms. The van der Waals surface area contributed by atoms with Crippen LogP contribution in [0, 0.1) is 0 Å². The zero-order chi connectivity index (χ0) is 13.7. The Hall–Kier alpha value is -1.75. The van der Waals surface area contributed by atoms with E-state index in [4.69, 9.17) is 15.2 Å². The SMILES string of the molecule is CCOC(=O)c1cccc(NC2CCOCC2)c1N. The maximum absolute atomic E-state index is 11.8. The van der Waals surface area contributed by atoms with E-state index in [0.717, 1.165) is 31.7 Å². The fourth-order valence-electron chi connectivity index (χ4n) is 2.14. The number of nitrogen functional groups attached to an aromatic ring is 1. The Balaban J connectivity index is 2.12. The fraction of sp³-hybridized carbons (Fsp3) is 0.500. The number of ether oxygens (including phenoxy) is 2. The van der Waals surface area contributed by atoms with Crippen molar-refractivity contribution in [1.82, 2.24) is 0 Å². The van der Waals surface area contributed by atoms with Gasteiger partial charge < -0.3 is 20.5 Å². The molecule has 0 amide bonds. The molecule has 2 rings (SSSR count). The highest BCUT2D eigenvalue weighted by atomic mass is 16.5. The van der Waals surface area contributed by atoms with E-state index in [2.05, 4.69) is 5.32 Å². The van der Waals surface area contributed by atoms with E-state index in [1.54, 1.807) is 13.0 Å².